The zero-order valence-corrected chi connectivity index (χ0v) is 25.8. The number of morpholine rings is 2. The molecule has 4 aromatic rings. The molecule has 4 heterocycles. The van der Waals surface area contributed by atoms with Crippen molar-refractivity contribution in [2.24, 2.45) is 0 Å². The third kappa shape index (κ3) is 8.02. The Bertz CT molecular complexity index is 1570. The van der Waals surface area contributed by atoms with Gasteiger partial charge in [-0.2, -0.15) is 29.9 Å². The Balaban J connectivity index is 1.00. The molecule has 4 N–H and O–H groups in total. The molecule has 0 bridgehead atoms. The predicted octanol–water partition coefficient (Wildman–Crippen LogP) is 3.10. The molecule has 2 fully saturated rings. The highest BCUT2D eigenvalue weighted by Gasteiger charge is 2.21. The van der Waals surface area contributed by atoms with Crippen LogP contribution in [-0.4, -0.2) is 94.3 Å². The summed E-state index contributed by atoms with van der Waals surface area (Å²) in [6.07, 6.45) is 0. The fourth-order valence-corrected chi connectivity index (χ4v) is 4.93. The van der Waals surface area contributed by atoms with Gasteiger partial charge in [-0.25, -0.2) is 0 Å². The van der Waals surface area contributed by atoms with E-state index in [1.54, 1.807) is 9.80 Å². The van der Waals surface area contributed by atoms with Crippen molar-refractivity contribution in [1.82, 2.24) is 29.9 Å². The van der Waals surface area contributed by atoms with E-state index in [0.29, 0.717) is 50.8 Å². The molecule has 2 amide bonds. The van der Waals surface area contributed by atoms with Gasteiger partial charge >= 0.3 is 0 Å². The van der Waals surface area contributed by atoms with E-state index >= 15 is 0 Å². The Labute approximate surface area is 272 Å². The average molecular weight is 668 g/mol. The number of rotatable bonds is 11. The summed E-state index contributed by atoms with van der Waals surface area (Å²) in [6.45, 7) is 2.93. The molecule has 46 heavy (non-hydrogen) atoms. The number of hydrogen-bond donors (Lipinski definition) is 4. The largest absolute Gasteiger partial charge is 0.370 e. The van der Waals surface area contributed by atoms with Gasteiger partial charge in [-0.05, 0) is 71.7 Å². The fourth-order valence-electron chi connectivity index (χ4n) is 4.61. The number of benzene rings is 2. The van der Waals surface area contributed by atoms with Crippen LogP contribution in [-0.2, 0) is 19.1 Å². The zero-order valence-electron chi connectivity index (χ0n) is 24.2. The second kappa shape index (κ2) is 14.5. The highest BCUT2D eigenvalue weighted by Crippen LogP contribution is 2.23. The van der Waals surface area contributed by atoms with Gasteiger partial charge in [0, 0.05) is 48.9 Å². The van der Waals surface area contributed by atoms with Crippen LogP contribution in [0.5, 0.6) is 0 Å². The smallest absolute Gasteiger partial charge is 0.253 e. The first-order valence-corrected chi connectivity index (χ1v) is 15.0. The Morgan fingerprint density at radius 3 is 1.37 bits per heavy atom. The molecule has 0 aliphatic carbocycles. The summed E-state index contributed by atoms with van der Waals surface area (Å²) in [6, 6.07) is 14.6. The molecule has 16 nitrogen and oxygen atoms in total. The lowest BCUT2D eigenvalue weighted by Gasteiger charge is -2.26. The van der Waals surface area contributed by atoms with E-state index in [2.05, 4.69) is 51.2 Å². The molecule has 2 aromatic heterocycles. The minimum Gasteiger partial charge on any atom is -0.370 e. The number of aromatic nitrogens is 6. The maximum absolute atomic E-state index is 12.1. The van der Waals surface area contributed by atoms with Gasteiger partial charge in [-0.3, -0.25) is 9.59 Å². The zero-order chi connectivity index (χ0) is 31.9. The number of amides is 2. The molecule has 0 radical (unpaired) electrons. The number of anilines is 8. The quantitative estimate of drug-likeness (QED) is 0.171. The van der Waals surface area contributed by atoms with Gasteiger partial charge in [0.1, 0.15) is 13.2 Å². The van der Waals surface area contributed by atoms with E-state index in [4.69, 9.17) is 32.7 Å². The number of nitrogens with zero attached hydrogens (tertiary/aromatic N) is 8. The van der Waals surface area contributed by atoms with E-state index in [1.807, 2.05) is 48.5 Å². The molecule has 2 aliphatic heterocycles. The molecule has 6 rings (SSSR count). The highest BCUT2D eigenvalue weighted by atomic mass is 35.5. The van der Waals surface area contributed by atoms with Crippen molar-refractivity contribution in [3.63, 3.8) is 0 Å². The Kier molecular flexibility index (Phi) is 9.78. The van der Waals surface area contributed by atoms with Gasteiger partial charge < -0.3 is 40.5 Å². The van der Waals surface area contributed by atoms with Crippen molar-refractivity contribution >= 4 is 81.6 Å². The minimum absolute atomic E-state index is 0.00744. The molecule has 0 saturated carbocycles. The standard InChI is InChI=1S/C28H28Cl2N12O4/c29-23-35-25(39-27(37-23)33-17-1-5-19(6-2-17)41-11-13-45-15-21(41)43)31-9-10-32-26-36-24(30)38-28(40-26)34-18-3-7-20(8-4-18)42-12-14-46-16-22(42)44/h1-8H,9-16H2,(H2,31,33,35,37,39)(H2,32,34,36,38,40). The first-order valence-electron chi connectivity index (χ1n) is 14.2. The van der Waals surface area contributed by atoms with Crippen molar-refractivity contribution in [1.29, 1.82) is 0 Å². The molecular weight excluding hydrogens is 639 g/mol. The van der Waals surface area contributed by atoms with Gasteiger partial charge in [-0.1, -0.05) is 0 Å². The van der Waals surface area contributed by atoms with Gasteiger partial charge in [0.2, 0.25) is 34.4 Å². The molecular formula is C28H28Cl2N12O4. The first-order chi connectivity index (χ1) is 22.4. The summed E-state index contributed by atoms with van der Waals surface area (Å²) in [5.41, 5.74) is 2.97. The Hall–Kier alpha value is -4.90. The lowest BCUT2D eigenvalue weighted by Crippen LogP contribution is -2.41. The van der Waals surface area contributed by atoms with Crippen LogP contribution in [0.15, 0.2) is 48.5 Å². The molecule has 2 aliphatic rings. The number of nitrogens with one attached hydrogen (secondary N) is 4. The van der Waals surface area contributed by atoms with E-state index in [-0.39, 0.29) is 59.4 Å². The van der Waals surface area contributed by atoms with E-state index in [9.17, 15) is 9.59 Å². The topological polar surface area (TPSA) is 185 Å². The van der Waals surface area contributed by atoms with Crippen LogP contribution in [0.1, 0.15) is 0 Å². The van der Waals surface area contributed by atoms with Crippen molar-refractivity contribution in [2.45, 2.75) is 0 Å². The number of carbonyl (C=O) groups is 2. The summed E-state index contributed by atoms with van der Waals surface area (Å²) in [5, 5.41) is 12.4. The Morgan fingerprint density at radius 1 is 0.587 bits per heavy atom. The first kappa shape index (κ1) is 31.1. The molecule has 2 aromatic carbocycles. The summed E-state index contributed by atoms with van der Waals surface area (Å²) >= 11 is 12.3. The van der Waals surface area contributed by atoms with Crippen LogP contribution in [0.2, 0.25) is 10.6 Å². The van der Waals surface area contributed by atoms with Crippen LogP contribution >= 0.6 is 23.2 Å². The molecule has 2 saturated heterocycles. The molecule has 18 heteroatoms. The normalized spacial score (nSPS) is 15.1. The SMILES string of the molecule is O=C1COCCN1c1ccc(Nc2nc(Cl)nc(NCCNc3nc(Cl)nc(Nc4ccc(N5CCOCC5=O)cc4)n3)n2)cc1. The number of hydrogen-bond acceptors (Lipinski definition) is 14. The second-order valence-corrected chi connectivity index (χ2v) is 10.6. The average Bonchev–Trinajstić information content (AvgIpc) is 3.04. The van der Waals surface area contributed by atoms with Gasteiger partial charge in [0.05, 0.1) is 13.2 Å². The molecule has 0 spiro atoms. The van der Waals surface area contributed by atoms with Crippen LogP contribution in [0, 0.1) is 0 Å². The number of ether oxygens (including phenoxy) is 2. The van der Waals surface area contributed by atoms with Crippen LogP contribution < -0.4 is 31.1 Å². The van der Waals surface area contributed by atoms with Gasteiger partial charge in [-0.15, -0.1) is 0 Å². The third-order valence-corrected chi connectivity index (χ3v) is 7.09. The van der Waals surface area contributed by atoms with E-state index in [0.717, 1.165) is 11.4 Å². The molecule has 0 unspecified atom stereocenters. The summed E-state index contributed by atoms with van der Waals surface area (Å²) in [7, 11) is 0. The summed E-state index contributed by atoms with van der Waals surface area (Å²) in [5.74, 6) is 0.854. The maximum Gasteiger partial charge on any atom is 0.253 e. The van der Waals surface area contributed by atoms with Gasteiger partial charge in [0.15, 0.2) is 0 Å². The van der Waals surface area contributed by atoms with Crippen molar-refractivity contribution in [2.75, 3.05) is 83.7 Å². The van der Waals surface area contributed by atoms with Crippen molar-refractivity contribution in [3.8, 4) is 0 Å². The second-order valence-electron chi connectivity index (χ2n) is 9.90. The lowest BCUT2D eigenvalue weighted by molar-refractivity contribution is -0.126. The van der Waals surface area contributed by atoms with Crippen LogP contribution in [0.25, 0.3) is 0 Å². The third-order valence-electron chi connectivity index (χ3n) is 6.75. The maximum atomic E-state index is 12.1. The Morgan fingerprint density at radius 2 is 0.978 bits per heavy atom. The fraction of sp³-hybridized carbons (Fsp3) is 0.286. The van der Waals surface area contributed by atoms with Crippen LogP contribution in [0.3, 0.4) is 0 Å². The number of halogens is 2. The molecule has 0 atom stereocenters. The van der Waals surface area contributed by atoms with Gasteiger partial charge in [0.25, 0.3) is 11.8 Å². The predicted molar refractivity (Wildman–Crippen MR) is 172 cm³/mol. The lowest BCUT2D eigenvalue weighted by atomic mass is 10.2. The van der Waals surface area contributed by atoms with Crippen LogP contribution in [0.4, 0.5) is 46.5 Å². The highest BCUT2D eigenvalue weighted by molar-refractivity contribution is 6.28. The monoisotopic (exact) mass is 666 g/mol. The van der Waals surface area contributed by atoms with E-state index in [1.165, 1.54) is 0 Å². The van der Waals surface area contributed by atoms with Crippen molar-refractivity contribution < 1.29 is 19.1 Å². The van der Waals surface area contributed by atoms with E-state index < -0.39 is 0 Å². The van der Waals surface area contributed by atoms with Crippen molar-refractivity contribution in [3.05, 3.63) is 59.1 Å². The summed E-state index contributed by atoms with van der Waals surface area (Å²) in [4.78, 5) is 52.8. The number of carbonyl (C=O) groups excluding carboxylic acids is 2. The molecule has 238 valence electrons. The summed E-state index contributed by atoms with van der Waals surface area (Å²) < 4.78 is 10.4. The minimum atomic E-state index is -0.0805.